The van der Waals surface area contributed by atoms with Gasteiger partial charge in [0.05, 0.1) is 6.04 Å². The molecule has 0 radical (unpaired) electrons. The van der Waals surface area contributed by atoms with Crippen LogP contribution in [0.4, 0.5) is 0 Å². The first kappa shape index (κ1) is 13.4. The van der Waals surface area contributed by atoms with Crippen molar-refractivity contribution in [3.05, 3.63) is 0 Å². The number of aliphatic hydroxyl groups excluding tert-OH is 1. The van der Waals surface area contributed by atoms with Crippen LogP contribution in [0.1, 0.15) is 39.5 Å². The first-order valence-electron chi connectivity index (χ1n) is 5.28. The van der Waals surface area contributed by atoms with Gasteiger partial charge in [0.25, 0.3) is 0 Å². The van der Waals surface area contributed by atoms with Crippen LogP contribution >= 0.6 is 0 Å². The van der Waals surface area contributed by atoms with Crippen LogP contribution in [0.15, 0.2) is 0 Å². The predicted octanol–water partition coefficient (Wildman–Crippen LogP) is 0.391. The molecule has 4 N–H and O–H groups in total. The molecule has 0 saturated carbocycles. The summed E-state index contributed by atoms with van der Waals surface area (Å²) in [5.74, 6) is -0.112. The number of hydrogen-bond donors (Lipinski definition) is 3. The van der Waals surface area contributed by atoms with E-state index in [0.29, 0.717) is 6.42 Å². The van der Waals surface area contributed by atoms with Crippen molar-refractivity contribution in [3.63, 3.8) is 0 Å². The maximum absolute atomic E-state index is 11.4. The molecule has 0 spiro atoms. The number of nitrogens with two attached hydrogens (primary N) is 1. The van der Waals surface area contributed by atoms with Crippen LogP contribution in [-0.4, -0.2) is 29.7 Å². The van der Waals surface area contributed by atoms with E-state index in [1.807, 2.05) is 6.92 Å². The Labute approximate surface area is 85.9 Å². The third kappa shape index (κ3) is 5.94. The predicted molar refractivity (Wildman–Crippen MR) is 56.8 cm³/mol. The van der Waals surface area contributed by atoms with Gasteiger partial charge in [0, 0.05) is 12.6 Å². The minimum absolute atomic E-state index is 0.000163. The highest BCUT2D eigenvalue weighted by Crippen LogP contribution is 1.99. The topological polar surface area (TPSA) is 75.4 Å². The first-order valence-corrected chi connectivity index (χ1v) is 5.28. The van der Waals surface area contributed by atoms with Gasteiger partial charge < -0.3 is 16.2 Å². The monoisotopic (exact) mass is 202 g/mol. The van der Waals surface area contributed by atoms with Crippen LogP contribution in [0, 0.1) is 0 Å². The lowest BCUT2D eigenvalue weighted by atomic mass is 10.1. The lowest BCUT2D eigenvalue weighted by Gasteiger charge is -2.16. The summed E-state index contributed by atoms with van der Waals surface area (Å²) in [6, 6.07) is -0.406. The molecular formula is C10H22N2O2. The van der Waals surface area contributed by atoms with Gasteiger partial charge in [-0.15, -0.1) is 0 Å². The Bertz CT molecular complexity index is 162. The van der Waals surface area contributed by atoms with Crippen LogP contribution in [0.3, 0.4) is 0 Å². The van der Waals surface area contributed by atoms with Crippen LogP contribution < -0.4 is 11.1 Å². The lowest BCUT2D eigenvalue weighted by Crippen LogP contribution is -2.44. The summed E-state index contributed by atoms with van der Waals surface area (Å²) in [7, 11) is 0. The van der Waals surface area contributed by atoms with E-state index >= 15 is 0 Å². The molecule has 0 saturated heterocycles. The number of rotatable bonds is 7. The van der Waals surface area contributed by atoms with Crippen LogP contribution in [0.25, 0.3) is 0 Å². The van der Waals surface area contributed by atoms with E-state index in [4.69, 9.17) is 10.8 Å². The Morgan fingerprint density at radius 1 is 1.50 bits per heavy atom. The van der Waals surface area contributed by atoms with Crippen molar-refractivity contribution in [2.75, 3.05) is 6.61 Å². The molecule has 0 aliphatic rings. The molecule has 0 rings (SSSR count). The number of carbonyl (C=O) groups is 1. The smallest absolute Gasteiger partial charge is 0.237 e. The average molecular weight is 202 g/mol. The third-order valence-electron chi connectivity index (χ3n) is 2.16. The van der Waals surface area contributed by atoms with E-state index in [0.717, 1.165) is 19.3 Å². The van der Waals surface area contributed by atoms with Crippen molar-refractivity contribution in [2.45, 2.75) is 51.6 Å². The quantitative estimate of drug-likeness (QED) is 0.559. The molecule has 4 nitrogen and oxygen atoms in total. The van der Waals surface area contributed by atoms with Gasteiger partial charge in [-0.3, -0.25) is 4.79 Å². The number of carbonyl (C=O) groups excluding carboxylic acids is 1. The van der Waals surface area contributed by atoms with E-state index < -0.39 is 6.04 Å². The van der Waals surface area contributed by atoms with E-state index in [9.17, 15) is 4.79 Å². The van der Waals surface area contributed by atoms with Crippen molar-refractivity contribution >= 4 is 5.91 Å². The summed E-state index contributed by atoms with van der Waals surface area (Å²) >= 11 is 0. The minimum atomic E-state index is -0.406. The molecule has 0 fully saturated rings. The van der Waals surface area contributed by atoms with E-state index in [1.165, 1.54) is 0 Å². The Balaban J connectivity index is 3.71. The number of unbranched alkanes of at least 4 members (excludes halogenated alkanes) is 1. The Morgan fingerprint density at radius 2 is 2.14 bits per heavy atom. The summed E-state index contributed by atoms with van der Waals surface area (Å²) in [5.41, 5.74) is 5.67. The maximum atomic E-state index is 11.4. The molecule has 0 aromatic rings. The standard InChI is InChI=1S/C10H22N2O2/c1-3-4-5-9(11)10(14)12-8(2)6-7-13/h8-9,13H,3-7,11H2,1-2H3,(H,12,14). The molecule has 0 aliphatic heterocycles. The molecule has 1 amide bonds. The molecule has 2 unspecified atom stereocenters. The number of amides is 1. The second-order valence-corrected chi connectivity index (χ2v) is 3.67. The molecule has 4 heteroatoms. The fourth-order valence-corrected chi connectivity index (χ4v) is 1.17. The molecule has 0 aromatic carbocycles. The highest BCUT2D eigenvalue weighted by molar-refractivity contribution is 5.81. The second-order valence-electron chi connectivity index (χ2n) is 3.67. The van der Waals surface area contributed by atoms with Crippen molar-refractivity contribution in [3.8, 4) is 0 Å². The summed E-state index contributed by atoms with van der Waals surface area (Å²) in [6.45, 7) is 4.02. The zero-order chi connectivity index (χ0) is 11.0. The van der Waals surface area contributed by atoms with Gasteiger partial charge in [-0.1, -0.05) is 19.8 Å². The SMILES string of the molecule is CCCCC(N)C(=O)NC(C)CCO. The Morgan fingerprint density at radius 3 is 2.64 bits per heavy atom. The Hall–Kier alpha value is -0.610. The average Bonchev–Trinajstić information content (AvgIpc) is 2.14. The zero-order valence-corrected chi connectivity index (χ0v) is 9.12. The van der Waals surface area contributed by atoms with Crippen molar-refractivity contribution < 1.29 is 9.90 Å². The largest absolute Gasteiger partial charge is 0.396 e. The van der Waals surface area contributed by atoms with Crippen LogP contribution in [-0.2, 0) is 4.79 Å². The highest BCUT2D eigenvalue weighted by atomic mass is 16.3. The van der Waals surface area contributed by atoms with Gasteiger partial charge in [0.15, 0.2) is 0 Å². The molecule has 84 valence electrons. The lowest BCUT2D eigenvalue weighted by molar-refractivity contribution is -0.123. The van der Waals surface area contributed by atoms with Gasteiger partial charge >= 0.3 is 0 Å². The van der Waals surface area contributed by atoms with Gasteiger partial charge in [0.1, 0.15) is 0 Å². The van der Waals surface area contributed by atoms with Gasteiger partial charge in [-0.2, -0.15) is 0 Å². The zero-order valence-electron chi connectivity index (χ0n) is 9.12. The normalized spacial score (nSPS) is 14.9. The van der Waals surface area contributed by atoms with Gasteiger partial charge in [0.2, 0.25) is 5.91 Å². The molecule has 14 heavy (non-hydrogen) atoms. The minimum Gasteiger partial charge on any atom is -0.396 e. The molecule has 0 bridgehead atoms. The Kier molecular flexibility index (Phi) is 7.42. The van der Waals surface area contributed by atoms with Crippen molar-refractivity contribution in [1.82, 2.24) is 5.32 Å². The molecule has 0 aromatic heterocycles. The fraction of sp³-hybridized carbons (Fsp3) is 0.900. The number of nitrogens with one attached hydrogen (secondary N) is 1. The van der Waals surface area contributed by atoms with E-state index in [2.05, 4.69) is 12.2 Å². The third-order valence-corrected chi connectivity index (χ3v) is 2.16. The summed E-state index contributed by atoms with van der Waals surface area (Å²) in [5, 5.41) is 11.4. The summed E-state index contributed by atoms with van der Waals surface area (Å²) in [6.07, 6.45) is 3.33. The summed E-state index contributed by atoms with van der Waals surface area (Å²) < 4.78 is 0. The van der Waals surface area contributed by atoms with Gasteiger partial charge in [-0.05, 0) is 19.8 Å². The molecule has 0 aliphatic carbocycles. The molecular weight excluding hydrogens is 180 g/mol. The first-order chi connectivity index (χ1) is 6.61. The maximum Gasteiger partial charge on any atom is 0.237 e. The van der Waals surface area contributed by atoms with Crippen molar-refractivity contribution in [1.29, 1.82) is 0 Å². The second kappa shape index (κ2) is 7.76. The van der Waals surface area contributed by atoms with Gasteiger partial charge in [-0.25, -0.2) is 0 Å². The van der Waals surface area contributed by atoms with Crippen LogP contribution in [0.5, 0.6) is 0 Å². The van der Waals surface area contributed by atoms with E-state index in [-0.39, 0.29) is 18.6 Å². The fourth-order valence-electron chi connectivity index (χ4n) is 1.17. The van der Waals surface area contributed by atoms with Crippen molar-refractivity contribution in [2.24, 2.45) is 5.73 Å². The number of aliphatic hydroxyl groups is 1. The van der Waals surface area contributed by atoms with Crippen LogP contribution in [0.2, 0.25) is 0 Å². The van der Waals surface area contributed by atoms with E-state index in [1.54, 1.807) is 0 Å². The number of hydrogen-bond acceptors (Lipinski definition) is 3. The molecule has 0 heterocycles. The summed E-state index contributed by atoms with van der Waals surface area (Å²) in [4.78, 5) is 11.4. The molecule has 2 atom stereocenters. The highest BCUT2D eigenvalue weighted by Gasteiger charge is 2.14.